The van der Waals surface area contributed by atoms with Crippen LogP contribution in [0, 0.1) is 0 Å². The molecule has 0 aromatic carbocycles. The van der Waals surface area contributed by atoms with Crippen molar-refractivity contribution in [3.63, 3.8) is 0 Å². The Hall–Kier alpha value is -1.85. The van der Waals surface area contributed by atoms with E-state index in [0.29, 0.717) is 6.42 Å². The van der Waals surface area contributed by atoms with Crippen molar-refractivity contribution in [2.45, 2.75) is 32.2 Å². The summed E-state index contributed by atoms with van der Waals surface area (Å²) in [6.45, 7) is 1.96. The lowest BCUT2D eigenvalue weighted by atomic mass is 10.1. The largest absolute Gasteiger partial charge is 0.480 e. The molecule has 0 aliphatic heterocycles. The molecule has 6 heteroatoms. The van der Waals surface area contributed by atoms with Gasteiger partial charge in [-0.2, -0.15) is 0 Å². The number of nitrogens with one attached hydrogen (secondary N) is 1. The van der Waals surface area contributed by atoms with Crippen LogP contribution in [0.15, 0.2) is 16.8 Å². The number of unbranched alkanes of at least 4 members (excludes halogenated alkanes) is 1. The fraction of sp³-hybridized carbons (Fsp3) is 0.500. The Labute approximate surface area is 92.6 Å². The average molecular weight is 226 g/mol. The van der Waals surface area contributed by atoms with Crippen molar-refractivity contribution in [1.82, 2.24) is 10.5 Å². The number of amides is 1. The molecule has 1 atom stereocenters. The number of carbonyl (C=O) groups is 2. The number of carboxylic acids is 1. The number of hydrogen-bond donors (Lipinski definition) is 2. The van der Waals surface area contributed by atoms with Crippen LogP contribution < -0.4 is 5.32 Å². The first-order valence-corrected chi connectivity index (χ1v) is 5.09. The molecule has 88 valence electrons. The second-order valence-corrected chi connectivity index (χ2v) is 3.38. The van der Waals surface area contributed by atoms with E-state index in [1.54, 1.807) is 0 Å². The van der Waals surface area contributed by atoms with Crippen LogP contribution in [0.25, 0.3) is 0 Å². The maximum absolute atomic E-state index is 11.5. The summed E-state index contributed by atoms with van der Waals surface area (Å²) in [5.41, 5.74) is 0. The first-order chi connectivity index (χ1) is 7.65. The molecule has 1 rings (SSSR count). The average Bonchev–Trinajstić information content (AvgIpc) is 2.76. The van der Waals surface area contributed by atoms with E-state index in [1.807, 2.05) is 6.92 Å². The third kappa shape index (κ3) is 3.38. The molecule has 16 heavy (non-hydrogen) atoms. The minimum atomic E-state index is -1.04. The summed E-state index contributed by atoms with van der Waals surface area (Å²) in [7, 11) is 0. The van der Waals surface area contributed by atoms with Crippen LogP contribution in [0.5, 0.6) is 0 Å². The van der Waals surface area contributed by atoms with Gasteiger partial charge in [-0.25, -0.2) is 4.79 Å². The molecule has 6 nitrogen and oxygen atoms in total. The molecular formula is C10H14N2O4. The number of aromatic nitrogens is 1. The summed E-state index contributed by atoms with van der Waals surface area (Å²) in [6, 6.07) is 0.506. The predicted octanol–water partition coefficient (Wildman–Crippen LogP) is 1.05. The van der Waals surface area contributed by atoms with Crippen LogP contribution in [0.2, 0.25) is 0 Å². The Morgan fingerprint density at radius 1 is 1.62 bits per heavy atom. The minimum Gasteiger partial charge on any atom is -0.480 e. The molecule has 2 N–H and O–H groups in total. The zero-order valence-electron chi connectivity index (χ0n) is 8.97. The topological polar surface area (TPSA) is 92.4 Å². The van der Waals surface area contributed by atoms with Crippen molar-refractivity contribution in [3.05, 3.63) is 18.0 Å². The molecule has 0 fully saturated rings. The zero-order valence-corrected chi connectivity index (χ0v) is 8.97. The molecule has 1 aromatic rings. The second-order valence-electron chi connectivity index (χ2n) is 3.38. The third-order valence-electron chi connectivity index (χ3n) is 2.11. The zero-order chi connectivity index (χ0) is 12.0. The Morgan fingerprint density at radius 3 is 2.88 bits per heavy atom. The molecule has 0 bridgehead atoms. The molecule has 1 heterocycles. The van der Waals surface area contributed by atoms with E-state index in [2.05, 4.69) is 15.0 Å². The van der Waals surface area contributed by atoms with Crippen molar-refractivity contribution in [1.29, 1.82) is 0 Å². The summed E-state index contributed by atoms with van der Waals surface area (Å²) in [5, 5.41) is 14.6. The smallest absolute Gasteiger partial charge is 0.326 e. The van der Waals surface area contributed by atoms with Gasteiger partial charge in [0.05, 0.1) is 6.20 Å². The van der Waals surface area contributed by atoms with Crippen molar-refractivity contribution >= 4 is 11.9 Å². The van der Waals surface area contributed by atoms with Crippen LogP contribution in [-0.2, 0) is 4.79 Å². The van der Waals surface area contributed by atoms with Gasteiger partial charge in [0.2, 0.25) is 5.76 Å². The normalized spacial score (nSPS) is 12.1. The number of nitrogens with zero attached hydrogens (tertiary/aromatic N) is 1. The van der Waals surface area contributed by atoms with Crippen molar-refractivity contribution in [3.8, 4) is 0 Å². The van der Waals surface area contributed by atoms with E-state index in [1.165, 1.54) is 12.3 Å². The first kappa shape index (κ1) is 12.2. The van der Waals surface area contributed by atoms with Gasteiger partial charge >= 0.3 is 5.97 Å². The van der Waals surface area contributed by atoms with E-state index >= 15 is 0 Å². The van der Waals surface area contributed by atoms with Gasteiger partial charge in [0.15, 0.2) is 0 Å². The highest BCUT2D eigenvalue weighted by Crippen LogP contribution is 2.03. The fourth-order valence-corrected chi connectivity index (χ4v) is 1.23. The standard InChI is InChI=1S/C10H14N2O4/c1-2-3-4-7(10(14)15)12-9(13)8-5-6-11-16-8/h5-7H,2-4H2,1H3,(H,12,13)(H,14,15). The van der Waals surface area contributed by atoms with E-state index in [4.69, 9.17) is 5.11 Å². The van der Waals surface area contributed by atoms with Gasteiger partial charge in [0, 0.05) is 6.07 Å². The van der Waals surface area contributed by atoms with Crippen molar-refractivity contribution in [2.24, 2.45) is 0 Å². The summed E-state index contributed by atoms with van der Waals surface area (Å²) >= 11 is 0. The third-order valence-corrected chi connectivity index (χ3v) is 2.11. The highest BCUT2D eigenvalue weighted by molar-refractivity contribution is 5.94. The number of carboxylic acid groups (broad SMARTS) is 1. The van der Waals surface area contributed by atoms with E-state index in [9.17, 15) is 9.59 Å². The van der Waals surface area contributed by atoms with Gasteiger partial charge < -0.3 is 14.9 Å². The fourth-order valence-electron chi connectivity index (χ4n) is 1.23. The Balaban J connectivity index is 2.54. The van der Waals surface area contributed by atoms with Crippen LogP contribution in [0.4, 0.5) is 0 Å². The summed E-state index contributed by atoms with van der Waals surface area (Å²) in [5.74, 6) is -1.58. The van der Waals surface area contributed by atoms with Crippen LogP contribution in [0.1, 0.15) is 36.7 Å². The van der Waals surface area contributed by atoms with Gasteiger partial charge in [-0.1, -0.05) is 24.9 Å². The van der Waals surface area contributed by atoms with Crippen molar-refractivity contribution < 1.29 is 19.2 Å². The first-order valence-electron chi connectivity index (χ1n) is 5.09. The van der Waals surface area contributed by atoms with Crippen LogP contribution in [-0.4, -0.2) is 28.2 Å². The molecule has 0 saturated carbocycles. The minimum absolute atomic E-state index is 0.0164. The molecular weight excluding hydrogens is 212 g/mol. The SMILES string of the molecule is CCCCC(NC(=O)c1ccno1)C(=O)O. The van der Waals surface area contributed by atoms with E-state index < -0.39 is 17.9 Å². The Kier molecular flexibility index (Phi) is 4.50. The molecule has 0 radical (unpaired) electrons. The molecule has 1 aromatic heterocycles. The van der Waals surface area contributed by atoms with Crippen LogP contribution in [0.3, 0.4) is 0 Å². The van der Waals surface area contributed by atoms with E-state index in [0.717, 1.165) is 12.8 Å². The van der Waals surface area contributed by atoms with Crippen molar-refractivity contribution in [2.75, 3.05) is 0 Å². The number of rotatable bonds is 6. The maximum atomic E-state index is 11.5. The lowest BCUT2D eigenvalue weighted by Crippen LogP contribution is -2.40. The monoisotopic (exact) mass is 226 g/mol. The van der Waals surface area contributed by atoms with Gasteiger partial charge in [-0.05, 0) is 6.42 Å². The Morgan fingerprint density at radius 2 is 2.38 bits per heavy atom. The summed E-state index contributed by atoms with van der Waals surface area (Å²) in [6.07, 6.45) is 3.36. The molecule has 0 spiro atoms. The van der Waals surface area contributed by atoms with Crippen LogP contribution >= 0.6 is 0 Å². The molecule has 1 unspecified atom stereocenters. The molecule has 0 aliphatic rings. The molecule has 1 amide bonds. The summed E-state index contributed by atoms with van der Waals surface area (Å²) in [4.78, 5) is 22.3. The van der Waals surface area contributed by atoms with Gasteiger partial charge in [-0.15, -0.1) is 0 Å². The maximum Gasteiger partial charge on any atom is 0.326 e. The summed E-state index contributed by atoms with van der Waals surface area (Å²) < 4.78 is 4.63. The lowest BCUT2D eigenvalue weighted by molar-refractivity contribution is -0.139. The molecule has 0 saturated heterocycles. The highest BCUT2D eigenvalue weighted by Gasteiger charge is 2.21. The van der Waals surface area contributed by atoms with E-state index in [-0.39, 0.29) is 5.76 Å². The van der Waals surface area contributed by atoms with Gasteiger partial charge in [0.25, 0.3) is 5.91 Å². The highest BCUT2D eigenvalue weighted by atomic mass is 16.5. The number of carbonyl (C=O) groups excluding carboxylic acids is 1. The Bertz CT molecular complexity index is 348. The number of hydrogen-bond acceptors (Lipinski definition) is 4. The lowest BCUT2D eigenvalue weighted by Gasteiger charge is -2.12. The second kappa shape index (κ2) is 5.89. The number of aliphatic carboxylic acids is 1. The predicted molar refractivity (Wildman–Crippen MR) is 54.9 cm³/mol. The quantitative estimate of drug-likeness (QED) is 0.756. The van der Waals surface area contributed by atoms with Gasteiger partial charge in [0.1, 0.15) is 6.04 Å². The molecule has 0 aliphatic carbocycles. The van der Waals surface area contributed by atoms with Gasteiger partial charge in [-0.3, -0.25) is 4.79 Å².